The predicted molar refractivity (Wildman–Crippen MR) is 123 cm³/mol. The van der Waals surface area contributed by atoms with Crippen molar-refractivity contribution in [2.24, 2.45) is 5.73 Å². The minimum absolute atomic E-state index is 0.00348. The highest BCUT2D eigenvalue weighted by molar-refractivity contribution is 7.89. The van der Waals surface area contributed by atoms with E-state index < -0.39 is 45.6 Å². The minimum Gasteiger partial charge on any atom is -0.368 e. The average Bonchev–Trinajstić information content (AvgIpc) is 3.29. The van der Waals surface area contributed by atoms with Crippen molar-refractivity contribution in [3.8, 4) is 0 Å². The van der Waals surface area contributed by atoms with E-state index in [1.165, 1.54) is 21.3 Å². The molecule has 0 spiro atoms. The fourth-order valence-corrected chi connectivity index (χ4v) is 6.51. The van der Waals surface area contributed by atoms with Crippen LogP contribution in [0.15, 0.2) is 47.4 Å². The number of benzene rings is 2. The van der Waals surface area contributed by atoms with Crippen LogP contribution >= 0.6 is 0 Å². The summed E-state index contributed by atoms with van der Waals surface area (Å²) in [7, 11) is -3.97. The second-order valence-electron chi connectivity index (χ2n) is 8.82. The quantitative estimate of drug-likeness (QED) is 0.620. The zero-order valence-electron chi connectivity index (χ0n) is 19.0. The Hall–Kier alpha value is -2.86. The lowest BCUT2D eigenvalue weighted by molar-refractivity contribution is -0.137. The molecule has 2 aliphatic heterocycles. The Morgan fingerprint density at radius 3 is 2.49 bits per heavy atom. The van der Waals surface area contributed by atoms with E-state index in [-0.39, 0.29) is 30.2 Å². The number of carbonyl (C=O) groups is 1. The zero-order chi connectivity index (χ0) is 25.5. The standard InChI is InChI=1S/C23H26F4N4O3S/c1-15-14-29(20-8-7-16(24)12-19(20)23(25,26)27)10-11-31(15)35(33,34)18-5-2-4-17(13-18)30-9-3-6-21(30)22(28)32/h2,4-5,7-8,12-13,15,21H,3,6,9-11,14H2,1H3,(H2,28,32)/t15-,21?/m1/s1. The third kappa shape index (κ3) is 4.94. The molecular weight excluding hydrogens is 488 g/mol. The number of hydrogen-bond acceptors (Lipinski definition) is 5. The summed E-state index contributed by atoms with van der Waals surface area (Å²) in [6, 6.07) is 7.59. The fraction of sp³-hybridized carbons (Fsp3) is 0.435. The molecule has 4 rings (SSSR count). The van der Waals surface area contributed by atoms with E-state index >= 15 is 0 Å². The van der Waals surface area contributed by atoms with Gasteiger partial charge < -0.3 is 15.5 Å². The summed E-state index contributed by atoms with van der Waals surface area (Å²) in [4.78, 5) is 15.0. The van der Waals surface area contributed by atoms with Crippen LogP contribution in [0.4, 0.5) is 28.9 Å². The molecule has 35 heavy (non-hydrogen) atoms. The molecule has 0 aromatic heterocycles. The van der Waals surface area contributed by atoms with Crippen LogP contribution in [0.1, 0.15) is 25.3 Å². The van der Waals surface area contributed by atoms with Gasteiger partial charge in [0.25, 0.3) is 0 Å². The van der Waals surface area contributed by atoms with Gasteiger partial charge in [0.1, 0.15) is 11.9 Å². The number of sulfonamides is 1. The average molecular weight is 515 g/mol. The fourth-order valence-electron chi connectivity index (χ4n) is 4.86. The van der Waals surface area contributed by atoms with Crippen molar-refractivity contribution in [3.05, 3.63) is 53.8 Å². The number of piperazine rings is 1. The highest BCUT2D eigenvalue weighted by Crippen LogP contribution is 2.38. The van der Waals surface area contributed by atoms with Crippen molar-refractivity contribution in [1.82, 2.24) is 4.31 Å². The van der Waals surface area contributed by atoms with Gasteiger partial charge in [0, 0.05) is 43.6 Å². The number of halogens is 4. The monoisotopic (exact) mass is 514 g/mol. The molecule has 2 aromatic carbocycles. The van der Waals surface area contributed by atoms with Gasteiger partial charge in [-0.05, 0) is 56.2 Å². The van der Waals surface area contributed by atoms with Crippen LogP contribution in [0.5, 0.6) is 0 Å². The molecule has 2 fully saturated rings. The highest BCUT2D eigenvalue weighted by Gasteiger charge is 2.39. The molecule has 2 aliphatic rings. The van der Waals surface area contributed by atoms with Gasteiger partial charge in [-0.1, -0.05) is 6.07 Å². The number of primary amides is 1. The number of nitrogens with two attached hydrogens (primary N) is 1. The van der Waals surface area contributed by atoms with Crippen molar-refractivity contribution in [2.45, 2.75) is 42.9 Å². The van der Waals surface area contributed by atoms with Gasteiger partial charge in [-0.2, -0.15) is 17.5 Å². The minimum atomic E-state index is -4.75. The summed E-state index contributed by atoms with van der Waals surface area (Å²) in [5.74, 6) is -1.47. The molecule has 2 atom stereocenters. The second kappa shape index (κ2) is 9.30. The van der Waals surface area contributed by atoms with Crippen LogP contribution in [0.25, 0.3) is 0 Å². The number of nitrogens with zero attached hydrogens (tertiary/aromatic N) is 3. The molecule has 0 aliphatic carbocycles. The first-order valence-electron chi connectivity index (χ1n) is 11.2. The van der Waals surface area contributed by atoms with Crippen molar-refractivity contribution in [1.29, 1.82) is 0 Å². The molecule has 2 N–H and O–H groups in total. The van der Waals surface area contributed by atoms with Crippen molar-refractivity contribution in [2.75, 3.05) is 36.0 Å². The SMILES string of the molecule is C[C@@H]1CN(c2ccc(F)cc2C(F)(F)F)CCN1S(=O)(=O)c1cccc(N2CCCC2C(N)=O)c1. The lowest BCUT2D eigenvalue weighted by Gasteiger charge is -2.40. The molecule has 7 nitrogen and oxygen atoms in total. The largest absolute Gasteiger partial charge is 0.418 e. The summed E-state index contributed by atoms with van der Waals surface area (Å²) in [5.41, 5.74) is 4.78. The van der Waals surface area contributed by atoms with Crippen molar-refractivity contribution < 1.29 is 30.8 Å². The van der Waals surface area contributed by atoms with E-state index in [1.807, 2.05) is 0 Å². The predicted octanol–water partition coefficient (Wildman–Crippen LogP) is 3.20. The molecule has 1 unspecified atom stereocenters. The van der Waals surface area contributed by atoms with Gasteiger partial charge >= 0.3 is 6.18 Å². The normalized spacial score (nSPS) is 22.0. The van der Waals surface area contributed by atoms with Crippen LogP contribution in [0, 0.1) is 5.82 Å². The Labute approximate surface area is 201 Å². The first-order chi connectivity index (χ1) is 16.4. The Bertz CT molecular complexity index is 1220. The number of anilines is 2. The van der Waals surface area contributed by atoms with Gasteiger partial charge in [-0.25, -0.2) is 12.8 Å². The number of alkyl halides is 3. The van der Waals surface area contributed by atoms with Crippen molar-refractivity contribution >= 4 is 27.3 Å². The molecular formula is C23H26F4N4O3S. The topological polar surface area (TPSA) is 87.0 Å². The van der Waals surface area contributed by atoms with E-state index in [9.17, 15) is 30.8 Å². The van der Waals surface area contributed by atoms with Gasteiger partial charge in [0.05, 0.1) is 10.5 Å². The Kier molecular flexibility index (Phi) is 6.71. The molecule has 1 amide bonds. The van der Waals surface area contributed by atoms with Crippen molar-refractivity contribution in [3.63, 3.8) is 0 Å². The molecule has 0 saturated carbocycles. The maximum Gasteiger partial charge on any atom is 0.418 e. The lowest BCUT2D eigenvalue weighted by atomic mass is 10.1. The Morgan fingerprint density at radius 1 is 1.09 bits per heavy atom. The summed E-state index contributed by atoms with van der Waals surface area (Å²) in [6.45, 7) is 2.16. The number of hydrogen-bond donors (Lipinski definition) is 1. The van der Waals surface area contributed by atoms with Crippen LogP contribution in [-0.4, -0.2) is 56.9 Å². The number of carbonyl (C=O) groups excluding carboxylic acids is 1. The Balaban J connectivity index is 1.57. The third-order valence-corrected chi connectivity index (χ3v) is 8.52. The van der Waals surface area contributed by atoms with Crippen LogP contribution in [0.3, 0.4) is 0 Å². The molecule has 190 valence electrons. The molecule has 2 heterocycles. The van der Waals surface area contributed by atoms with Gasteiger partial charge in [-0.15, -0.1) is 0 Å². The number of amides is 1. The molecule has 2 aromatic rings. The first kappa shape index (κ1) is 25.2. The maximum atomic E-state index is 13.5. The van der Waals surface area contributed by atoms with E-state index in [1.54, 1.807) is 24.0 Å². The van der Waals surface area contributed by atoms with Gasteiger partial charge in [0.15, 0.2) is 0 Å². The van der Waals surface area contributed by atoms with Crippen LogP contribution in [-0.2, 0) is 21.0 Å². The van der Waals surface area contributed by atoms with E-state index in [4.69, 9.17) is 5.73 Å². The van der Waals surface area contributed by atoms with Crippen LogP contribution in [0.2, 0.25) is 0 Å². The van der Waals surface area contributed by atoms with E-state index in [2.05, 4.69) is 0 Å². The lowest BCUT2D eigenvalue weighted by Crippen LogP contribution is -2.54. The summed E-state index contributed by atoms with van der Waals surface area (Å²) < 4.78 is 82.1. The molecule has 0 bridgehead atoms. The summed E-state index contributed by atoms with van der Waals surface area (Å²) in [5, 5.41) is 0. The first-order valence-corrected chi connectivity index (χ1v) is 12.6. The summed E-state index contributed by atoms with van der Waals surface area (Å²) in [6.07, 6.45) is -3.40. The Morgan fingerprint density at radius 2 is 1.83 bits per heavy atom. The summed E-state index contributed by atoms with van der Waals surface area (Å²) >= 11 is 0. The highest BCUT2D eigenvalue weighted by atomic mass is 32.2. The van der Waals surface area contributed by atoms with E-state index in [0.29, 0.717) is 24.7 Å². The van der Waals surface area contributed by atoms with Gasteiger partial charge in [0.2, 0.25) is 15.9 Å². The smallest absolute Gasteiger partial charge is 0.368 e. The van der Waals surface area contributed by atoms with E-state index in [0.717, 1.165) is 18.6 Å². The maximum absolute atomic E-state index is 13.5. The molecule has 0 radical (unpaired) electrons. The van der Waals surface area contributed by atoms with Crippen LogP contribution < -0.4 is 15.5 Å². The molecule has 2 saturated heterocycles. The number of rotatable bonds is 5. The van der Waals surface area contributed by atoms with Gasteiger partial charge in [-0.3, -0.25) is 4.79 Å². The zero-order valence-corrected chi connectivity index (χ0v) is 19.8. The molecule has 12 heteroatoms. The third-order valence-electron chi connectivity index (χ3n) is 6.51. The second-order valence-corrected chi connectivity index (χ2v) is 10.7.